The number of benzene rings is 2. The summed E-state index contributed by atoms with van der Waals surface area (Å²) in [4.78, 5) is 23.0. The van der Waals surface area contributed by atoms with Crippen molar-refractivity contribution in [2.45, 2.75) is 32.4 Å². The van der Waals surface area contributed by atoms with Crippen molar-refractivity contribution in [1.82, 2.24) is 5.32 Å². The number of carbonyl (C=O) groups is 1. The molecule has 0 spiro atoms. The highest BCUT2D eigenvalue weighted by Crippen LogP contribution is 2.22. The number of rotatable bonds is 6. The number of nitro groups is 1. The zero-order valence-corrected chi connectivity index (χ0v) is 13.6. The van der Waals surface area contributed by atoms with E-state index >= 15 is 0 Å². The molecule has 0 aliphatic carbocycles. The van der Waals surface area contributed by atoms with E-state index in [1.165, 1.54) is 12.1 Å². The van der Waals surface area contributed by atoms with Gasteiger partial charge in [-0.2, -0.15) is 0 Å². The van der Waals surface area contributed by atoms with E-state index in [-0.39, 0.29) is 11.3 Å². The van der Waals surface area contributed by atoms with Gasteiger partial charge in [0.2, 0.25) is 0 Å². The van der Waals surface area contributed by atoms with Gasteiger partial charge in [-0.15, -0.1) is 0 Å². The van der Waals surface area contributed by atoms with Gasteiger partial charge in [0.15, 0.2) is 0 Å². The van der Waals surface area contributed by atoms with E-state index in [2.05, 4.69) is 5.32 Å². The van der Waals surface area contributed by atoms with Crippen LogP contribution < -0.4 is 5.32 Å². The topological polar surface area (TPSA) is 92.5 Å². The standard InChI is InChI=1S/C18H20N2O4/c1-12-7-6-10-15(20(23)24)17(12)18(22)19-13(2)16(21)11-14-8-4-3-5-9-14/h3-10,13,16,21H,11H2,1-2H3,(H,19,22)/t13-,16-/m0/s1. The van der Waals surface area contributed by atoms with Crippen LogP contribution in [0.1, 0.15) is 28.4 Å². The van der Waals surface area contributed by atoms with Crippen molar-refractivity contribution in [2.24, 2.45) is 0 Å². The molecule has 6 nitrogen and oxygen atoms in total. The van der Waals surface area contributed by atoms with E-state index < -0.39 is 23.0 Å². The van der Waals surface area contributed by atoms with Crippen LogP contribution in [0, 0.1) is 17.0 Å². The second kappa shape index (κ2) is 7.70. The fourth-order valence-corrected chi connectivity index (χ4v) is 2.51. The first kappa shape index (κ1) is 17.6. The van der Waals surface area contributed by atoms with Gasteiger partial charge in [0.05, 0.1) is 17.1 Å². The van der Waals surface area contributed by atoms with E-state index in [0.29, 0.717) is 12.0 Å². The quantitative estimate of drug-likeness (QED) is 0.630. The third-order valence-corrected chi connectivity index (χ3v) is 3.90. The Morgan fingerprint density at radius 3 is 2.50 bits per heavy atom. The minimum absolute atomic E-state index is 0.0289. The Kier molecular flexibility index (Phi) is 5.65. The largest absolute Gasteiger partial charge is 0.391 e. The van der Waals surface area contributed by atoms with Crippen LogP contribution in [0.4, 0.5) is 5.69 Å². The molecule has 2 atom stereocenters. The molecule has 0 bridgehead atoms. The second-order valence-corrected chi connectivity index (χ2v) is 5.75. The molecule has 126 valence electrons. The molecule has 0 aliphatic heterocycles. The summed E-state index contributed by atoms with van der Waals surface area (Å²) >= 11 is 0. The van der Waals surface area contributed by atoms with Crippen molar-refractivity contribution < 1.29 is 14.8 Å². The number of carbonyl (C=O) groups excluding carboxylic acids is 1. The first-order chi connectivity index (χ1) is 11.4. The van der Waals surface area contributed by atoms with Gasteiger partial charge in [-0.1, -0.05) is 42.5 Å². The van der Waals surface area contributed by atoms with Gasteiger partial charge in [-0.25, -0.2) is 0 Å². The van der Waals surface area contributed by atoms with E-state index in [1.54, 1.807) is 19.9 Å². The number of aryl methyl sites for hydroxylation is 1. The summed E-state index contributed by atoms with van der Waals surface area (Å²) in [5.74, 6) is -0.556. The number of nitro benzene ring substituents is 1. The first-order valence-corrected chi connectivity index (χ1v) is 7.67. The molecule has 1 amide bonds. The first-order valence-electron chi connectivity index (χ1n) is 7.67. The van der Waals surface area contributed by atoms with Crippen molar-refractivity contribution in [3.63, 3.8) is 0 Å². The SMILES string of the molecule is Cc1cccc([N+](=O)[O-])c1C(=O)N[C@@H](C)[C@@H](O)Cc1ccccc1. The van der Waals surface area contributed by atoms with Crippen LogP contribution in [-0.2, 0) is 6.42 Å². The fourth-order valence-electron chi connectivity index (χ4n) is 2.51. The summed E-state index contributed by atoms with van der Waals surface area (Å²) in [6, 6.07) is 13.4. The number of amides is 1. The summed E-state index contributed by atoms with van der Waals surface area (Å²) in [5, 5.41) is 24.0. The van der Waals surface area contributed by atoms with Crippen molar-refractivity contribution in [2.75, 3.05) is 0 Å². The Labute approximate surface area is 140 Å². The molecule has 0 saturated carbocycles. The fraction of sp³-hybridized carbons (Fsp3) is 0.278. The maximum Gasteiger partial charge on any atom is 0.282 e. The third-order valence-electron chi connectivity index (χ3n) is 3.90. The van der Waals surface area contributed by atoms with Gasteiger partial charge in [0.25, 0.3) is 11.6 Å². The van der Waals surface area contributed by atoms with E-state index in [4.69, 9.17) is 0 Å². The minimum atomic E-state index is -0.792. The number of nitrogens with one attached hydrogen (secondary N) is 1. The summed E-state index contributed by atoms with van der Waals surface area (Å²) in [6.45, 7) is 3.32. The van der Waals surface area contributed by atoms with Crippen molar-refractivity contribution in [1.29, 1.82) is 0 Å². The summed E-state index contributed by atoms with van der Waals surface area (Å²) in [7, 11) is 0. The van der Waals surface area contributed by atoms with E-state index in [1.807, 2.05) is 30.3 Å². The lowest BCUT2D eigenvalue weighted by Gasteiger charge is -2.21. The highest BCUT2D eigenvalue weighted by molar-refractivity contribution is 5.99. The van der Waals surface area contributed by atoms with Crippen LogP contribution in [0.25, 0.3) is 0 Å². The molecule has 0 unspecified atom stereocenters. The smallest absolute Gasteiger partial charge is 0.282 e. The Bertz CT molecular complexity index is 731. The van der Waals surface area contributed by atoms with Crippen molar-refractivity contribution in [3.05, 3.63) is 75.3 Å². The predicted octanol–water partition coefficient (Wildman–Crippen LogP) is 2.63. The highest BCUT2D eigenvalue weighted by Gasteiger charge is 2.25. The zero-order valence-electron chi connectivity index (χ0n) is 13.6. The number of hydrogen-bond donors (Lipinski definition) is 2. The molecule has 2 aromatic rings. The Balaban J connectivity index is 2.10. The molecule has 0 aliphatic rings. The lowest BCUT2D eigenvalue weighted by Crippen LogP contribution is -2.42. The van der Waals surface area contributed by atoms with Crippen molar-refractivity contribution in [3.8, 4) is 0 Å². The van der Waals surface area contributed by atoms with Crippen LogP contribution in [0.2, 0.25) is 0 Å². The van der Waals surface area contributed by atoms with Gasteiger partial charge in [-0.3, -0.25) is 14.9 Å². The van der Waals surface area contributed by atoms with E-state index in [9.17, 15) is 20.0 Å². The number of aliphatic hydroxyl groups is 1. The summed E-state index contributed by atoms with van der Waals surface area (Å²) in [5.41, 5.74) is 1.26. The zero-order chi connectivity index (χ0) is 17.7. The normalized spacial score (nSPS) is 13.1. The lowest BCUT2D eigenvalue weighted by molar-refractivity contribution is -0.385. The summed E-state index contributed by atoms with van der Waals surface area (Å²) in [6.07, 6.45) is -0.405. The lowest BCUT2D eigenvalue weighted by atomic mass is 10.0. The third kappa shape index (κ3) is 4.17. The highest BCUT2D eigenvalue weighted by atomic mass is 16.6. The monoisotopic (exact) mass is 328 g/mol. The molecule has 2 aromatic carbocycles. The molecule has 0 aromatic heterocycles. The number of hydrogen-bond acceptors (Lipinski definition) is 4. The number of nitrogens with zero attached hydrogens (tertiary/aromatic N) is 1. The number of aliphatic hydroxyl groups excluding tert-OH is 1. The molecule has 2 rings (SSSR count). The van der Waals surface area contributed by atoms with Gasteiger partial charge in [0.1, 0.15) is 5.56 Å². The average Bonchev–Trinajstić information content (AvgIpc) is 2.55. The van der Waals surface area contributed by atoms with Crippen LogP contribution in [0.5, 0.6) is 0 Å². The molecule has 6 heteroatoms. The van der Waals surface area contributed by atoms with Crippen LogP contribution >= 0.6 is 0 Å². The average molecular weight is 328 g/mol. The molecular formula is C18H20N2O4. The molecule has 0 fully saturated rings. The van der Waals surface area contributed by atoms with E-state index in [0.717, 1.165) is 5.56 Å². The predicted molar refractivity (Wildman–Crippen MR) is 90.9 cm³/mol. The van der Waals surface area contributed by atoms with Crippen LogP contribution in [0.15, 0.2) is 48.5 Å². The Morgan fingerprint density at radius 2 is 1.88 bits per heavy atom. The van der Waals surface area contributed by atoms with Gasteiger partial charge < -0.3 is 10.4 Å². The van der Waals surface area contributed by atoms with Crippen LogP contribution in [-0.4, -0.2) is 28.1 Å². The molecule has 0 radical (unpaired) electrons. The summed E-state index contributed by atoms with van der Waals surface area (Å²) < 4.78 is 0. The molecule has 24 heavy (non-hydrogen) atoms. The Morgan fingerprint density at radius 1 is 1.21 bits per heavy atom. The van der Waals surface area contributed by atoms with Crippen LogP contribution in [0.3, 0.4) is 0 Å². The second-order valence-electron chi connectivity index (χ2n) is 5.75. The minimum Gasteiger partial charge on any atom is -0.391 e. The molecular weight excluding hydrogens is 308 g/mol. The molecule has 2 N–H and O–H groups in total. The molecule has 0 heterocycles. The maximum absolute atomic E-state index is 12.4. The maximum atomic E-state index is 12.4. The van der Waals surface area contributed by atoms with Crippen molar-refractivity contribution >= 4 is 11.6 Å². The Hall–Kier alpha value is -2.73. The van der Waals surface area contributed by atoms with Gasteiger partial charge in [0, 0.05) is 12.5 Å². The van der Waals surface area contributed by atoms with Gasteiger partial charge in [-0.05, 0) is 25.0 Å². The van der Waals surface area contributed by atoms with Gasteiger partial charge >= 0.3 is 0 Å². The molecule has 0 saturated heterocycles.